The van der Waals surface area contributed by atoms with Crippen LogP contribution >= 0.6 is 38.5 Å². The number of anilines is 1. The van der Waals surface area contributed by atoms with Crippen molar-refractivity contribution in [2.45, 2.75) is 26.2 Å². The molecule has 0 aliphatic rings. The molecule has 1 amide bonds. The van der Waals surface area contributed by atoms with E-state index in [1.54, 1.807) is 24.4 Å². The summed E-state index contributed by atoms with van der Waals surface area (Å²) in [7, 11) is 0. The smallest absolute Gasteiger partial charge is 0.282 e. The molecule has 10 heteroatoms. The number of ether oxygens (including phenoxy) is 1. The standard InChI is InChI=1S/C27H23BrFIN4O3/c1-2-3-4-25-33-23-11-6-18(28)14-21(23)27(36)34(25)31-15-17-5-12-24(22(30)13-17)37-16-26(35)32-20-9-7-19(29)8-10-20/h5-15H,2-4,16H2,1H3,(H,32,35). The minimum Gasteiger partial charge on any atom is -0.483 e. The first kappa shape index (κ1) is 26.9. The summed E-state index contributed by atoms with van der Waals surface area (Å²) in [6.45, 7) is 1.89. The van der Waals surface area contributed by atoms with Crippen LogP contribution in [0.15, 0.2) is 75.0 Å². The molecule has 190 valence electrons. The Kier molecular flexibility index (Phi) is 9.04. The van der Waals surface area contributed by atoms with Crippen molar-refractivity contribution in [1.82, 2.24) is 9.66 Å². The highest BCUT2D eigenvalue weighted by Gasteiger charge is 2.11. The average molecular weight is 677 g/mol. The summed E-state index contributed by atoms with van der Waals surface area (Å²) < 4.78 is 21.6. The van der Waals surface area contributed by atoms with Crippen LogP contribution in [0.25, 0.3) is 10.9 Å². The Balaban J connectivity index is 1.50. The molecule has 0 unspecified atom stereocenters. The molecular weight excluding hydrogens is 654 g/mol. The van der Waals surface area contributed by atoms with E-state index in [1.165, 1.54) is 28.9 Å². The summed E-state index contributed by atoms with van der Waals surface area (Å²) in [6.07, 6.45) is 4.11. The highest BCUT2D eigenvalue weighted by atomic mass is 127. The lowest BCUT2D eigenvalue weighted by molar-refractivity contribution is -0.118. The van der Waals surface area contributed by atoms with E-state index in [0.717, 1.165) is 26.4 Å². The summed E-state index contributed by atoms with van der Waals surface area (Å²) in [6, 6.07) is 16.3. The summed E-state index contributed by atoms with van der Waals surface area (Å²) in [5.41, 5.74) is 1.66. The van der Waals surface area contributed by atoms with Crippen molar-refractivity contribution in [2.75, 3.05) is 11.9 Å². The van der Waals surface area contributed by atoms with E-state index in [9.17, 15) is 14.0 Å². The van der Waals surface area contributed by atoms with Gasteiger partial charge in [-0.15, -0.1) is 0 Å². The van der Waals surface area contributed by atoms with E-state index in [4.69, 9.17) is 4.74 Å². The van der Waals surface area contributed by atoms with Crippen molar-refractivity contribution in [1.29, 1.82) is 0 Å². The van der Waals surface area contributed by atoms with Gasteiger partial charge < -0.3 is 10.1 Å². The number of fused-ring (bicyclic) bond motifs is 1. The number of benzene rings is 3. The Bertz CT molecular complexity index is 1520. The van der Waals surface area contributed by atoms with Gasteiger partial charge in [0, 0.05) is 16.6 Å². The van der Waals surface area contributed by atoms with Crippen LogP contribution in [0.1, 0.15) is 31.2 Å². The normalized spacial score (nSPS) is 11.2. The number of unbranched alkanes of at least 4 members (excludes halogenated alkanes) is 1. The van der Waals surface area contributed by atoms with Crippen LogP contribution in [0.5, 0.6) is 5.75 Å². The number of carbonyl (C=O) groups excluding carboxylic acids is 1. The summed E-state index contributed by atoms with van der Waals surface area (Å²) in [4.78, 5) is 30.1. The van der Waals surface area contributed by atoms with Crippen molar-refractivity contribution < 1.29 is 13.9 Å². The largest absolute Gasteiger partial charge is 0.483 e. The Hall–Kier alpha value is -3.12. The molecule has 37 heavy (non-hydrogen) atoms. The molecule has 4 aromatic rings. The number of hydrogen-bond donors (Lipinski definition) is 1. The van der Waals surface area contributed by atoms with Crippen LogP contribution in [0.2, 0.25) is 0 Å². The van der Waals surface area contributed by atoms with E-state index in [1.807, 2.05) is 18.2 Å². The first-order chi connectivity index (χ1) is 17.8. The predicted molar refractivity (Wildman–Crippen MR) is 155 cm³/mol. The third-order valence-electron chi connectivity index (χ3n) is 5.39. The summed E-state index contributed by atoms with van der Waals surface area (Å²) in [5.74, 6) is 0.409. The highest BCUT2D eigenvalue weighted by molar-refractivity contribution is 14.1. The molecule has 0 radical (unpaired) electrons. The first-order valence-electron chi connectivity index (χ1n) is 11.6. The Morgan fingerprint density at radius 3 is 2.70 bits per heavy atom. The van der Waals surface area contributed by atoms with Gasteiger partial charge in [-0.05, 0) is 95.2 Å². The van der Waals surface area contributed by atoms with E-state index in [-0.39, 0.29) is 23.9 Å². The van der Waals surface area contributed by atoms with Crippen molar-refractivity contribution >= 4 is 67.2 Å². The predicted octanol–water partition coefficient (Wildman–Crippen LogP) is 6.15. The lowest BCUT2D eigenvalue weighted by Gasteiger charge is -2.10. The number of amides is 1. The zero-order valence-electron chi connectivity index (χ0n) is 19.9. The monoisotopic (exact) mass is 676 g/mol. The second-order valence-electron chi connectivity index (χ2n) is 8.19. The van der Waals surface area contributed by atoms with Crippen LogP contribution in [0, 0.1) is 9.39 Å². The lowest BCUT2D eigenvalue weighted by atomic mass is 10.2. The van der Waals surface area contributed by atoms with Crippen molar-refractivity contribution in [2.24, 2.45) is 5.10 Å². The maximum Gasteiger partial charge on any atom is 0.282 e. The molecule has 1 N–H and O–H groups in total. The molecule has 1 aromatic heterocycles. The van der Waals surface area contributed by atoms with E-state index >= 15 is 0 Å². The molecule has 0 saturated carbocycles. The molecule has 0 aliphatic heterocycles. The van der Waals surface area contributed by atoms with Gasteiger partial charge in [-0.2, -0.15) is 9.78 Å². The van der Waals surface area contributed by atoms with Gasteiger partial charge in [-0.3, -0.25) is 9.59 Å². The number of aryl methyl sites for hydroxylation is 1. The molecule has 0 spiro atoms. The summed E-state index contributed by atoms with van der Waals surface area (Å²) >= 11 is 5.53. The van der Waals surface area contributed by atoms with Gasteiger partial charge in [-0.25, -0.2) is 9.37 Å². The number of nitrogens with one attached hydrogen (secondary N) is 1. The molecular formula is C27H23BrFIN4O3. The fraction of sp³-hybridized carbons (Fsp3) is 0.185. The Labute approximate surface area is 235 Å². The Morgan fingerprint density at radius 1 is 1.19 bits per heavy atom. The van der Waals surface area contributed by atoms with Gasteiger partial charge in [0.25, 0.3) is 11.5 Å². The molecule has 0 fully saturated rings. The fourth-order valence-electron chi connectivity index (χ4n) is 3.52. The van der Waals surface area contributed by atoms with Crippen molar-refractivity contribution in [3.05, 3.63) is 96.3 Å². The molecule has 4 rings (SSSR count). The zero-order chi connectivity index (χ0) is 26.4. The number of hydrogen-bond acceptors (Lipinski definition) is 5. The minimum atomic E-state index is -0.376. The maximum atomic E-state index is 13.2. The first-order valence-corrected chi connectivity index (χ1v) is 13.4. The number of aromatic nitrogens is 2. The van der Waals surface area contributed by atoms with Gasteiger partial charge >= 0.3 is 0 Å². The van der Waals surface area contributed by atoms with Gasteiger partial charge in [0.2, 0.25) is 0 Å². The van der Waals surface area contributed by atoms with Gasteiger partial charge in [-0.1, -0.05) is 29.3 Å². The second kappa shape index (κ2) is 12.4. The van der Waals surface area contributed by atoms with Crippen LogP contribution in [-0.2, 0) is 11.2 Å². The van der Waals surface area contributed by atoms with E-state index < -0.39 is 0 Å². The van der Waals surface area contributed by atoms with Crippen LogP contribution in [0.3, 0.4) is 0 Å². The molecule has 1 heterocycles. The van der Waals surface area contributed by atoms with E-state index in [2.05, 4.69) is 60.8 Å². The highest BCUT2D eigenvalue weighted by Crippen LogP contribution is 2.22. The van der Waals surface area contributed by atoms with Crippen LogP contribution in [0.4, 0.5) is 10.1 Å². The molecule has 0 saturated heterocycles. The van der Waals surface area contributed by atoms with Gasteiger partial charge in [0.1, 0.15) is 17.4 Å². The zero-order valence-corrected chi connectivity index (χ0v) is 23.6. The number of rotatable bonds is 9. The fourth-order valence-corrected chi connectivity index (χ4v) is 4.58. The van der Waals surface area contributed by atoms with Gasteiger partial charge in [0.15, 0.2) is 6.61 Å². The Morgan fingerprint density at radius 2 is 1.97 bits per heavy atom. The second-order valence-corrected chi connectivity index (χ2v) is 10.3. The van der Waals surface area contributed by atoms with Crippen LogP contribution < -0.4 is 15.6 Å². The number of halogens is 3. The quantitative estimate of drug-likeness (QED) is 0.170. The van der Waals surface area contributed by atoms with E-state index in [0.29, 0.717) is 34.6 Å². The van der Waals surface area contributed by atoms with Crippen LogP contribution in [-0.4, -0.2) is 28.4 Å². The molecule has 3 aromatic carbocycles. The summed E-state index contributed by atoms with van der Waals surface area (Å²) in [5, 5.41) is 7.62. The lowest BCUT2D eigenvalue weighted by Crippen LogP contribution is -2.22. The molecule has 0 aliphatic carbocycles. The van der Waals surface area contributed by atoms with Crippen molar-refractivity contribution in [3.63, 3.8) is 0 Å². The van der Waals surface area contributed by atoms with Gasteiger partial charge in [0.05, 0.1) is 20.7 Å². The number of nitrogens with zero attached hydrogens (tertiary/aromatic N) is 3. The third kappa shape index (κ3) is 7.01. The average Bonchev–Trinajstić information content (AvgIpc) is 2.88. The SMILES string of the molecule is CCCCc1nc2ccc(Br)cc2c(=O)n1N=Cc1ccc(OCC(=O)Nc2ccc(F)cc2)c(I)c1. The maximum absolute atomic E-state index is 13.2. The molecule has 0 bridgehead atoms. The molecule has 0 atom stereocenters. The molecule has 7 nitrogen and oxygen atoms in total. The third-order valence-corrected chi connectivity index (χ3v) is 6.73. The topological polar surface area (TPSA) is 85.6 Å². The number of carbonyl (C=O) groups is 1. The van der Waals surface area contributed by atoms with Crippen molar-refractivity contribution in [3.8, 4) is 5.75 Å². The minimum absolute atomic E-state index is 0.199.